The highest BCUT2D eigenvalue weighted by Crippen LogP contribution is 2.09. The number of nitrogens with one attached hydrogen (secondary N) is 1. The van der Waals surface area contributed by atoms with E-state index in [1.165, 1.54) is 11.1 Å². The Morgan fingerprint density at radius 3 is 2.71 bits per heavy atom. The van der Waals surface area contributed by atoms with E-state index in [0.717, 1.165) is 5.56 Å². The van der Waals surface area contributed by atoms with Crippen molar-refractivity contribution in [1.29, 1.82) is 0 Å². The summed E-state index contributed by atoms with van der Waals surface area (Å²) in [4.78, 5) is 10.9. The molecule has 76 valence electrons. The summed E-state index contributed by atoms with van der Waals surface area (Å²) in [5.74, 6) is -0.120. The average molecular weight is 192 g/mol. The molecule has 0 aliphatic carbocycles. The lowest BCUT2D eigenvalue weighted by Crippen LogP contribution is -2.29. The number of rotatable bonds is 3. The SMILES string of the molecule is Cc1ccc(CNC(=O)CN)c(C)c1. The van der Waals surface area contributed by atoms with E-state index in [0.29, 0.717) is 6.54 Å². The molecule has 3 heteroatoms. The number of nitrogens with two attached hydrogens (primary N) is 1. The number of carbonyl (C=O) groups excluding carboxylic acids is 1. The van der Waals surface area contributed by atoms with Crippen LogP contribution in [0.5, 0.6) is 0 Å². The molecule has 0 radical (unpaired) electrons. The fourth-order valence-corrected chi connectivity index (χ4v) is 1.31. The van der Waals surface area contributed by atoms with Crippen molar-refractivity contribution >= 4 is 5.91 Å². The van der Waals surface area contributed by atoms with Gasteiger partial charge in [0.15, 0.2) is 0 Å². The van der Waals surface area contributed by atoms with Crippen LogP contribution in [0.25, 0.3) is 0 Å². The van der Waals surface area contributed by atoms with Crippen LogP contribution >= 0.6 is 0 Å². The molecule has 0 unspecified atom stereocenters. The first-order valence-electron chi connectivity index (χ1n) is 4.66. The van der Waals surface area contributed by atoms with Crippen LogP contribution in [0.3, 0.4) is 0 Å². The molecule has 0 atom stereocenters. The minimum Gasteiger partial charge on any atom is -0.351 e. The molecule has 0 aromatic heterocycles. The summed E-state index contributed by atoms with van der Waals surface area (Å²) in [6.07, 6.45) is 0. The highest BCUT2D eigenvalue weighted by atomic mass is 16.1. The molecule has 0 bridgehead atoms. The van der Waals surface area contributed by atoms with Gasteiger partial charge < -0.3 is 11.1 Å². The molecule has 3 nitrogen and oxygen atoms in total. The van der Waals surface area contributed by atoms with Crippen LogP contribution in [0, 0.1) is 13.8 Å². The number of hydrogen-bond acceptors (Lipinski definition) is 2. The van der Waals surface area contributed by atoms with Gasteiger partial charge >= 0.3 is 0 Å². The number of carbonyl (C=O) groups is 1. The molecular formula is C11H16N2O. The van der Waals surface area contributed by atoms with Gasteiger partial charge in [-0.05, 0) is 25.0 Å². The van der Waals surface area contributed by atoms with Crippen LogP contribution in [-0.4, -0.2) is 12.5 Å². The van der Waals surface area contributed by atoms with Crippen molar-refractivity contribution in [3.8, 4) is 0 Å². The maximum absolute atomic E-state index is 10.9. The Bertz CT molecular complexity index is 334. The normalized spacial score (nSPS) is 9.93. The van der Waals surface area contributed by atoms with Crippen molar-refractivity contribution in [1.82, 2.24) is 5.32 Å². The van der Waals surface area contributed by atoms with Gasteiger partial charge in [0, 0.05) is 6.54 Å². The first-order chi connectivity index (χ1) is 6.63. The Balaban J connectivity index is 2.63. The first-order valence-corrected chi connectivity index (χ1v) is 4.66. The van der Waals surface area contributed by atoms with Crippen LogP contribution in [0.1, 0.15) is 16.7 Å². The first kappa shape index (κ1) is 10.7. The summed E-state index contributed by atoms with van der Waals surface area (Å²) >= 11 is 0. The molecule has 1 rings (SSSR count). The van der Waals surface area contributed by atoms with Gasteiger partial charge in [-0.25, -0.2) is 0 Å². The van der Waals surface area contributed by atoms with Gasteiger partial charge in [0.05, 0.1) is 6.54 Å². The molecule has 0 saturated heterocycles. The highest BCUT2D eigenvalue weighted by molar-refractivity contribution is 5.77. The fourth-order valence-electron chi connectivity index (χ4n) is 1.31. The third-order valence-electron chi connectivity index (χ3n) is 2.16. The second-order valence-electron chi connectivity index (χ2n) is 3.41. The quantitative estimate of drug-likeness (QED) is 0.747. The van der Waals surface area contributed by atoms with E-state index >= 15 is 0 Å². The monoisotopic (exact) mass is 192 g/mol. The van der Waals surface area contributed by atoms with E-state index in [1.54, 1.807) is 0 Å². The third kappa shape index (κ3) is 2.85. The molecule has 0 fully saturated rings. The lowest BCUT2D eigenvalue weighted by atomic mass is 10.1. The van der Waals surface area contributed by atoms with E-state index in [2.05, 4.69) is 18.3 Å². The molecule has 1 aromatic carbocycles. The average Bonchev–Trinajstić information content (AvgIpc) is 2.16. The summed E-state index contributed by atoms with van der Waals surface area (Å²) in [6, 6.07) is 6.17. The van der Waals surface area contributed by atoms with Crippen molar-refractivity contribution in [3.63, 3.8) is 0 Å². The second-order valence-corrected chi connectivity index (χ2v) is 3.41. The largest absolute Gasteiger partial charge is 0.351 e. The zero-order chi connectivity index (χ0) is 10.6. The summed E-state index contributed by atoms with van der Waals surface area (Å²) in [5.41, 5.74) is 8.75. The Morgan fingerprint density at radius 2 is 2.14 bits per heavy atom. The van der Waals surface area contributed by atoms with Gasteiger partial charge in [0.2, 0.25) is 5.91 Å². The summed E-state index contributed by atoms with van der Waals surface area (Å²) in [6.45, 7) is 4.69. The Labute approximate surface area is 84.3 Å². The maximum Gasteiger partial charge on any atom is 0.234 e. The van der Waals surface area contributed by atoms with Crippen molar-refractivity contribution in [2.75, 3.05) is 6.54 Å². The predicted octanol–water partition coefficient (Wildman–Crippen LogP) is 0.878. The maximum atomic E-state index is 10.9. The van der Waals surface area contributed by atoms with Crippen LogP contribution in [-0.2, 0) is 11.3 Å². The Kier molecular flexibility index (Phi) is 3.65. The van der Waals surface area contributed by atoms with E-state index < -0.39 is 0 Å². The zero-order valence-electron chi connectivity index (χ0n) is 8.63. The lowest BCUT2D eigenvalue weighted by Gasteiger charge is -2.07. The summed E-state index contributed by atoms with van der Waals surface area (Å²) in [5, 5.41) is 2.74. The predicted molar refractivity (Wildman–Crippen MR) is 56.8 cm³/mol. The summed E-state index contributed by atoms with van der Waals surface area (Å²) in [7, 11) is 0. The van der Waals surface area contributed by atoms with Crippen molar-refractivity contribution in [3.05, 3.63) is 34.9 Å². The van der Waals surface area contributed by atoms with Crippen molar-refractivity contribution < 1.29 is 4.79 Å². The van der Waals surface area contributed by atoms with E-state index in [-0.39, 0.29) is 12.5 Å². The van der Waals surface area contributed by atoms with Crippen molar-refractivity contribution in [2.24, 2.45) is 5.73 Å². The molecule has 0 heterocycles. The van der Waals surface area contributed by atoms with Crippen LogP contribution in [0.15, 0.2) is 18.2 Å². The molecule has 14 heavy (non-hydrogen) atoms. The zero-order valence-corrected chi connectivity index (χ0v) is 8.63. The van der Waals surface area contributed by atoms with Gasteiger partial charge in [0.25, 0.3) is 0 Å². The van der Waals surface area contributed by atoms with E-state index in [4.69, 9.17) is 5.73 Å². The van der Waals surface area contributed by atoms with E-state index in [1.807, 2.05) is 19.1 Å². The minimum atomic E-state index is -0.120. The van der Waals surface area contributed by atoms with Crippen LogP contribution < -0.4 is 11.1 Å². The van der Waals surface area contributed by atoms with Gasteiger partial charge in [0.1, 0.15) is 0 Å². The minimum absolute atomic E-state index is 0.0465. The smallest absolute Gasteiger partial charge is 0.234 e. The van der Waals surface area contributed by atoms with Gasteiger partial charge in [-0.1, -0.05) is 23.8 Å². The lowest BCUT2D eigenvalue weighted by molar-refractivity contribution is -0.119. The standard InChI is InChI=1S/C11H16N2O/c1-8-3-4-10(9(2)5-8)7-13-11(14)6-12/h3-5H,6-7,12H2,1-2H3,(H,13,14). The molecule has 0 aliphatic rings. The molecular weight excluding hydrogens is 176 g/mol. The third-order valence-corrected chi connectivity index (χ3v) is 2.16. The Hall–Kier alpha value is -1.35. The second kappa shape index (κ2) is 4.77. The van der Waals surface area contributed by atoms with Gasteiger partial charge in [-0.3, -0.25) is 4.79 Å². The van der Waals surface area contributed by atoms with E-state index in [9.17, 15) is 4.79 Å². The molecule has 1 amide bonds. The number of amides is 1. The molecule has 3 N–H and O–H groups in total. The van der Waals surface area contributed by atoms with Crippen molar-refractivity contribution in [2.45, 2.75) is 20.4 Å². The van der Waals surface area contributed by atoms with Crippen LogP contribution in [0.4, 0.5) is 0 Å². The number of aryl methyl sites for hydroxylation is 2. The van der Waals surface area contributed by atoms with Crippen LogP contribution in [0.2, 0.25) is 0 Å². The highest BCUT2D eigenvalue weighted by Gasteiger charge is 2.00. The van der Waals surface area contributed by atoms with Gasteiger partial charge in [-0.2, -0.15) is 0 Å². The fraction of sp³-hybridized carbons (Fsp3) is 0.364. The molecule has 0 spiro atoms. The molecule has 1 aromatic rings. The Morgan fingerprint density at radius 1 is 1.43 bits per heavy atom. The topological polar surface area (TPSA) is 55.1 Å². The van der Waals surface area contributed by atoms with Gasteiger partial charge in [-0.15, -0.1) is 0 Å². The summed E-state index contributed by atoms with van der Waals surface area (Å²) < 4.78 is 0. The molecule has 0 saturated carbocycles. The number of benzene rings is 1. The number of hydrogen-bond donors (Lipinski definition) is 2. The molecule has 0 aliphatic heterocycles.